The second-order valence-electron chi connectivity index (χ2n) is 4.60. The van der Waals surface area contributed by atoms with Crippen molar-refractivity contribution in [3.05, 3.63) is 41.1 Å². The predicted molar refractivity (Wildman–Crippen MR) is 71.4 cm³/mol. The van der Waals surface area contributed by atoms with E-state index < -0.39 is 0 Å². The Morgan fingerprint density at radius 2 is 2.17 bits per heavy atom. The first-order valence-corrected chi connectivity index (χ1v) is 6.50. The number of hydrogen-bond donors (Lipinski definition) is 1. The van der Waals surface area contributed by atoms with Crippen LogP contribution in [0.1, 0.15) is 42.6 Å². The van der Waals surface area contributed by atoms with E-state index in [0.29, 0.717) is 0 Å². The predicted octanol–water partition coefficient (Wildman–Crippen LogP) is 2.61. The first-order chi connectivity index (χ1) is 8.63. The molecule has 98 valence electrons. The van der Waals surface area contributed by atoms with Crippen LogP contribution in [-0.4, -0.2) is 9.78 Å². The molecule has 2 aromatic rings. The number of aromatic nitrogens is 2. The molecule has 0 saturated carbocycles. The van der Waals surface area contributed by atoms with Gasteiger partial charge >= 0.3 is 0 Å². The van der Waals surface area contributed by atoms with Crippen LogP contribution in [0, 0.1) is 6.92 Å². The van der Waals surface area contributed by atoms with E-state index in [0.717, 1.165) is 36.4 Å². The van der Waals surface area contributed by atoms with Crippen LogP contribution in [-0.2, 0) is 19.4 Å². The van der Waals surface area contributed by atoms with Crippen molar-refractivity contribution < 1.29 is 4.42 Å². The largest absolute Gasteiger partial charge is 0.469 e. The number of furan rings is 1. The van der Waals surface area contributed by atoms with E-state index in [4.69, 9.17) is 10.2 Å². The topological polar surface area (TPSA) is 57.0 Å². The standard InChI is InChI=1S/C14H21N3O/c1-4-12-7-13(17(5-2)16-12)8-14(15)11-6-10(3)18-9-11/h6-7,9,14H,4-5,8,15H2,1-3H3. The second-order valence-corrected chi connectivity index (χ2v) is 4.60. The molecule has 0 saturated heterocycles. The monoisotopic (exact) mass is 247 g/mol. The molecule has 0 spiro atoms. The number of rotatable bonds is 5. The average Bonchev–Trinajstić information content (AvgIpc) is 2.95. The molecule has 4 heteroatoms. The van der Waals surface area contributed by atoms with Crippen molar-refractivity contribution in [1.29, 1.82) is 0 Å². The molecular weight excluding hydrogens is 226 g/mol. The molecule has 0 aliphatic heterocycles. The lowest BCUT2D eigenvalue weighted by Gasteiger charge is -2.10. The Morgan fingerprint density at radius 1 is 1.39 bits per heavy atom. The summed E-state index contributed by atoms with van der Waals surface area (Å²) < 4.78 is 7.34. The summed E-state index contributed by atoms with van der Waals surface area (Å²) >= 11 is 0. The molecule has 1 atom stereocenters. The molecule has 0 aromatic carbocycles. The van der Waals surface area contributed by atoms with Crippen LogP contribution >= 0.6 is 0 Å². The summed E-state index contributed by atoms with van der Waals surface area (Å²) in [6, 6.07) is 4.11. The lowest BCUT2D eigenvalue weighted by molar-refractivity contribution is 0.526. The highest BCUT2D eigenvalue weighted by Crippen LogP contribution is 2.19. The van der Waals surface area contributed by atoms with Crippen molar-refractivity contribution in [2.45, 2.75) is 46.2 Å². The minimum absolute atomic E-state index is 0.0332. The first kappa shape index (κ1) is 12.9. The minimum atomic E-state index is -0.0332. The first-order valence-electron chi connectivity index (χ1n) is 6.50. The third-order valence-corrected chi connectivity index (χ3v) is 3.18. The molecule has 2 N–H and O–H groups in total. The fourth-order valence-corrected chi connectivity index (χ4v) is 2.13. The van der Waals surface area contributed by atoms with Gasteiger partial charge in [-0.05, 0) is 32.4 Å². The number of aryl methyl sites for hydroxylation is 3. The van der Waals surface area contributed by atoms with E-state index in [1.807, 2.05) is 17.7 Å². The Morgan fingerprint density at radius 3 is 2.72 bits per heavy atom. The zero-order valence-corrected chi connectivity index (χ0v) is 11.3. The van der Waals surface area contributed by atoms with Crippen LogP contribution in [0.2, 0.25) is 0 Å². The van der Waals surface area contributed by atoms with Gasteiger partial charge < -0.3 is 10.2 Å². The third kappa shape index (κ3) is 2.64. The summed E-state index contributed by atoms with van der Waals surface area (Å²) in [6.07, 6.45) is 3.49. The maximum atomic E-state index is 6.21. The number of nitrogens with two attached hydrogens (primary N) is 1. The van der Waals surface area contributed by atoms with Crippen molar-refractivity contribution >= 4 is 0 Å². The lowest BCUT2D eigenvalue weighted by Crippen LogP contribution is -2.15. The molecule has 0 aliphatic rings. The minimum Gasteiger partial charge on any atom is -0.469 e. The molecule has 4 nitrogen and oxygen atoms in total. The van der Waals surface area contributed by atoms with E-state index in [1.54, 1.807) is 6.26 Å². The van der Waals surface area contributed by atoms with Gasteiger partial charge in [-0.3, -0.25) is 4.68 Å². The molecule has 0 aliphatic carbocycles. The van der Waals surface area contributed by atoms with Crippen LogP contribution in [0.25, 0.3) is 0 Å². The quantitative estimate of drug-likeness (QED) is 0.883. The van der Waals surface area contributed by atoms with E-state index in [2.05, 4.69) is 25.0 Å². The van der Waals surface area contributed by atoms with Crippen LogP contribution in [0.4, 0.5) is 0 Å². The molecular formula is C14H21N3O. The van der Waals surface area contributed by atoms with Gasteiger partial charge in [-0.2, -0.15) is 5.10 Å². The summed E-state index contributed by atoms with van der Waals surface area (Å²) in [7, 11) is 0. The van der Waals surface area contributed by atoms with Gasteiger partial charge in [0, 0.05) is 30.3 Å². The molecule has 0 fully saturated rings. The molecule has 18 heavy (non-hydrogen) atoms. The Balaban J connectivity index is 2.15. The van der Waals surface area contributed by atoms with Gasteiger partial charge in [-0.15, -0.1) is 0 Å². The van der Waals surface area contributed by atoms with Crippen molar-refractivity contribution in [2.24, 2.45) is 5.73 Å². The lowest BCUT2D eigenvalue weighted by atomic mass is 10.1. The van der Waals surface area contributed by atoms with Crippen molar-refractivity contribution in [2.75, 3.05) is 0 Å². The molecule has 1 unspecified atom stereocenters. The SMILES string of the molecule is CCc1cc(CC(N)c2coc(C)c2)n(CC)n1. The fraction of sp³-hybridized carbons (Fsp3) is 0.500. The van der Waals surface area contributed by atoms with Crippen molar-refractivity contribution in [1.82, 2.24) is 9.78 Å². The maximum Gasteiger partial charge on any atom is 0.101 e. The summed E-state index contributed by atoms with van der Waals surface area (Å²) in [6.45, 7) is 7.03. The van der Waals surface area contributed by atoms with Crippen molar-refractivity contribution in [3.63, 3.8) is 0 Å². The smallest absolute Gasteiger partial charge is 0.101 e. The summed E-state index contributed by atoms with van der Waals surface area (Å²) in [5, 5.41) is 4.54. The van der Waals surface area contributed by atoms with Crippen molar-refractivity contribution in [3.8, 4) is 0 Å². The third-order valence-electron chi connectivity index (χ3n) is 3.18. The molecule has 0 amide bonds. The summed E-state index contributed by atoms with van der Waals surface area (Å²) in [5.74, 6) is 0.902. The molecule has 0 radical (unpaired) electrons. The van der Waals surface area contributed by atoms with Gasteiger partial charge in [-0.25, -0.2) is 0 Å². The van der Waals surface area contributed by atoms with E-state index >= 15 is 0 Å². The van der Waals surface area contributed by atoms with Gasteiger partial charge in [-0.1, -0.05) is 6.92 Å². The Hall–Kier alpha value is -1.55. The Kier molecular flexibility index (Phi) is 3.87. The molecule has 2 heterocycles. The van der Waals surface area contributed by atoms with Crippen LogP contribution in [0.15, 0.2) is 22.8 Å². The molecule has 0 bridgehead atoms. The van der Waals surface area contributed by atoms with Gasteiger partial charge in [0.1, 0.15) is 5.76 Å². The molecule has 2 rings (SSSR count). The zero-order chi connectivity index (χ0) is 13.1. The number of nitrogens with zero attached hydrogens (tertiary/aromatic N) is 2. The highest BCUT2D eigenvalue weighted by atomic mass is 16.3. The van der Waals surface area contributed by atoms with Crippen LogP contribution in [0.5, 0.6) is 0 Å². The van der Waals surface area contributed by atoms with Gasteiger partial charge in [0.15, 0.2) is 0 Å². The van der Waals surface area contributed by atoms with Gasteiger partial charge in [0.25, 0.3) is 0 Å². The van der Waals surface area contributed by atoms with Gasteiger partial charge in [0.2, 0.25) is 0 Å². The van der Waals surface area contributed by atoms with Gasteiger partial charge in [0.05, 0.1) is 12.0 Å². The summed E-state index contributed by atoms with van der Waals surface area (Å²) in [4.78, 5) is 0. The fourth-order valence-electron chi connectivity index (χ4n) is 2.13. The Bertz CT molecular complexity index is 513. The maximum absolute atomic E-state index is 6.21. The highest BCUT2D eigenvalue weighted by molar-refractivity contribution is 5.20. The van der Waals surface area contributed by atoms with E-state index in [9.17, 15) is 0 Å². The summed E-state index contributed by atoms with van der Waals surface area (Å²) in [5.41, 5.74) is 9.59. The second kappa shape index (κ2) is 5.40. The van der Waals surface area contributed by atoms with Crippen LogP contribution < -0.4 is 5.73 Å². The van der Waals surface area contributed by atoms with E-state index in [-0.39, 0.29) is 6.04 Å². The zero-order valence-electron chi connectivity index (χ0n) is 11.3. The normalized spacial score (nSPS) is 12.9. The Labute approximate surface area is 108 Å². The average molecular weight is 247 g/mol. The van der Waals surface area contributed by atoms with Crippen LogP contribution in [0.3, 0.4) is 0 Å². The molecule has 2 aromatic heterocycles. The number of hydrogen-bond acceptors (Lipinski definition) is 3. The van der Waals surface area contributed by atoms with E-state index in [1.165, 1.54) is 5.69 Å². The highest BCUT2D eigenvalue weighted by Gasteiger charge is 2.13.